The molecule has 9 nitrogen and oxygen atoms in total. The Morgan fingerprint density at radius 1 is 1.26 bits per heavy atom. The van der Waals surface area contributed by atoms with Gasteiger partial charge in [0, 0.05) is 38.8 Å². The highest BCUT2D eigenvalue weighted by Gasteiger charge is 2.25. The van der Waals surface area contributed by atoms with Gasteiger partial charge in [-0.05, 0) is 70.3 Å². The zero-order valence-electron chi connectivity index (χ0n) is 18.8. The highest BCUT2D eigenvalue weighted by molar-refractivity contribution is 7.89. The lowest BCUT2D eigenvalue weighted by Crippen LogP contribution is -2.43. The van der Waals surface area contributed by atoms with Gasteiger partial charge in [-0.15, -0.1) is 0 Å². The second-order valence-corrected chi connectivity index (χ2v) is 10.6. The number of amides is 2. The van der Waals surface area contributed by atoms with Crippen molar-refractivity contribution in [2.24, 2.45) is 11.1 Å². The third kappa shape index (κ3) is 8.84. The van der Waals surface area contributed by atoms with Gasteiger partial charge >= 0.3 is 6.09 Å². The van der Waals surface area contributed by atoms with Crippen molar-refractivity contribution in [2.45, 2.75) is 50.5 Å². The second-order valence-electron chi connectivity index (χ2n) is 9.04. The number of sulfonamides is 1. The number of nitrogens with zero attached hydrogens (tertiary/aromatic N) is 2. The fourth-order valence-corrected chi connectivity index (χ4v) is 4.03. The topological polar surface area (TPSA) is 122 Å². The Kier molecular flexibility index (Phi) is 8.44. The first kappa shape index (κ1) is 25.1. The maximum atomic E-state index is 12.3. The summed E-state index contributed by atoms with van der Waals surface area (Å²) in [4.78, 5) is 28.3. The van der Waals surface area contributed by atoms with Gasteiger partial charge in [-0.1, -0.05) is 0 Å². The Hall–Kier alpha value is -2.17. The normalized spacial score (nSPS) is 17.8. The van der Waals surface area contributed by atoms with Crippen LogP contribution >= 0.6 is 0 Å². The largest absolute Gasteiger partial charge is 0.444 e. The molecule has 1 aromatic carbocycles. The Morgan fingerprint density at radius 3 is 2.48 bits per heavy atom. The molecule has 0 aromatic heterocycles. The zero-order chi connectivity index (χ0) is 23.2. The Bertz CT molecular complexity index is 865. The van der Waals surface area contributed by atoms with Gasteiger partial charge in [0.1, 0.15) is 5.60 Å². The lowest BCUT2D eigenvalue weighted by Gasteiger charge is -2.35. The average Bonchev–Trinajstić information content (AvgIpc) is 2.65. The summed E-state index contributed by atoms with van der Waals surface area (Å²) in [7, 11) is -2.00. The molecule has 31 heavy (non-hydrogen) atoms. The van der Waals surface area contributed by atoms with E-state index >= 15 is 0 Å². The van der Waals surface area contributed by atoms with Gasteiger partial charge in [0.25, 0.3) is 0 Å². The van der Waals surface area contributed by atoms with Gasteiger partial charge in [0.15, 0.2) is 0 Å². The molecule has 3 N–H and O–H groups in total. The monoisotopic (exact) mass is 454 g/mol. The Morgan fingerprint density at radius 2 is 1.90 bits per heavy atom. The molecule has 1 aliphatic heterocycles. The predicted octanol–water partition coefficient (Wildman–Crippen LogP) is 2.24. The molecule has 1 aromatic rings. The molecule has 1 unspecified atom stereocenters. The van der Waals surface area contributed by atoms with Crippen molar-refractivity contribution in [3.05, 3.63) is 24.3 Å². The summed E-state index contributed by atoms with van der Waals surface area (Å²) in [6, 6.07) is 5.75. The molecule has 1 aliphatic rings. The van der Waals surface area contributed by atoms with Crippen molar-refractivity contribution in [3.8, 4) is 0 Å². The number of nitrogens with one attached hydrogen (secondary N) is 1. The number of primary sulfonamides is 1. The number of ether oxygens (including phenoxy) is 1. The van der Waals surface area contributed by atoms with Crippen LogP contribution < -0.4 is 10.5 Å². The van der Waals surface area contributed by atoms with E-state index in [0.29, 0.717) is 31.1 Å². The lowest BCUT2D eigenvalue weighted by atomic mass is 9.97. The van der Waals surface area contributed by atoms with Crippen molar-refractivity contribution in [1.82, 2.24) is 9.80 Å². The van der Waals surface area contributed by atoms with Gasteiger partial charge < -0.3 is 19.9 Å². The molecule has 2 rings (SSSR count). The van der Waals surface area contributed by atoms with Crippen molar-refractivity contribution >= 4 is 27.7 Å². The molecule has 10 heteroatoms. The van der Waals surface area contributed by atoms with E-state index < -0.39 is 15.6 Å². The highest BCUT2D eigenvalue weighted by Crippen LogP contribution is 2.19. The molecule has 0 saturated carbocycles. The summed E-state index contributed by atoms with van der Waals surface area (Å²) in [6.45, 7) is 8.52. The molecular weight excluding hydrogens is 420 g/mol. The van der Waals surface area contributed by atoms with Crippen LogP contribution in [-0.4, -0.2) is 69.0 Å². The van der Waals surface area contributed by atoms with Crippen LogP contribution in [0.25, 0.3) is 0 Å². The van der Waals surface area contributed by atoms with Crippen LogP contribution in [0.2, 0.25) is 0 Å². The molecule has 0 aliphatic carbocycles. The number of hydrogen-bond acceptors (Lipinski definition) is 6. The van der Waals surface area contributed by atoms with Crippen LogP contribution in [0.15, 0.2) is 29.2 Å². The summed E-state index contributed by atoms with van der Waals surface area (Å²) in [5.41, 5.74) is 0.00355. The number of rotatable bonds is 7. The maximum absolute atomic E-state index is 12.3. The Balaban J connectivity index is 1.78. The zero-order valence-corrected chi connectivity index (χ0v) is 19.6. The summed E-state index contributed by atoms with van der Waals surface area (Å²) < 4.78 is 28.0. The number of anilines is 1. The SMILES string of the molecule is CN(CC1CCCN(CCC(=O)Nc2ccc(S(N)(=O)=O)cc2)C1)C(=O)OC(C)(C)C. The van der Waals surface area contributed by atoms with E-state index in [-0.39, 0.29) is 16.9 Å². The summed E-state index contributed by atoms with van der Waals surface area (Å²) in [6.07, 6.45) is 2.05. The van der Waals surface area contributed by atoms with E-state index in [1.165, 1.54) is 24.3 Å². The highest BCUT2D eigenvalue weighted by atomic mass is 32.2. The van der Waals surface area contributed by atoms with Crippen LogP contribution in [-0.2, 0) is 19.6 Å². The van der Waals surface area contributed by atoms with E-state index in [4.69, 9.17) is 9.88 Å². The quantitative estimate of drug-likeness (QED) is 0.652. The van der Waals surface area contributed by atoms with Gasteiger partial charge in [-0.3, -0.25) is 4.79 Å². The number of benzene rings is 1. The van der Waals surface area contributed by atoms with Gasteiger partial charge in [-0.25, -0.2) is 18.4 Å². The maximum Gasteiger partial charge on any atom is 0.410 e. The number of likely N-dealkylation sites (tertiary alicyclic amines) is 1. The van der Waals surface area contributed by atoms with Crippen LogP contribution in [0.4, 0.5) is 10.5 Å². The van der Waals surface area contributed by atoms with Crippen molar-refractivity contribution in [1.29, 1.82) is 0 Å². The van der Waals surface area contributed by atoms with Crippen molar-refractivity contribution < 1.29 is 22.7 Å². The number of carbonyl (C=O) groups is 2. The molecule has 174 valence electrons. The van der Waals surface area contributed by atoms with Crippen LogP contribution in [0, 0.1) is 5.92 Å². The molecule has 1 atom stereocenters. The summed E-state index contributed by atoms with van der Waals surface area (Å²) in [5, 5.41) is 7.84. The van der Waals surface area contributed by atoms with Crippen molar-refractivity contribution in [2.75, 3.05) is 38.5 Å². The molecule has 1 saturated heterocycles. The number of piperidine rings is 1. The molecular formula is C21H34N4O5S. The van der Waals surface area contributed by atoms with Crippen LogP contribution in [0.1, 0.15) is 40.0 Å². The third-order valence-electron chi connectivity index (χ3n) is 4.96. The number of nitrogens with two attached hydrogens (primary N) is 1. The summed E-state index contributed by atoms with van der Waals surface area (Å²) in [5.74, 6) is 0.191. The first-order valence-electron chi connectivity index (χ1n) is 10.4. The summed E-state index contributed by atoms with van der Waals surface area (Å²) >= 11 is 0. The third-order valence-corrected chi connectivity index (χ3v) is 5.89. The van der Waals surface area contributed by atoms with E-state index in [0.717, 1.165) is 25.9 Å². The van der Waals surface area contributed by atoms with Crippen LogP contribution in [0.3, 0.4) is 0 Å². The average molecular weight is 455 g/mol. The molecule has 0 spiro atoms. The van der Waals surface area contributed by atoms with Gasteiger partial charge in [-0.2, -0.15) is 0 Å². The smallest absolute Gasteiger partial charge is 0.410 e. The number of hydrogen-bond donors (Lipinski definition) is 2. The van der Waals surface area contributed by atoms with Gasteiger partial charge in [0.05, 0.1) is 4.90 Å². The lowest BCUT2D eigenvalue weighted by molar-refractivity contribution is -0.116. The van der Waals surface area contributed by atoms with E-state index in [1.807, 2.05) is 20.8 Å². The van der Waals surface area contributed by atoms with E-state index in [9.17, 15) is 18.0 Å². The second kappa shape index (κ2) is 10.4. The molecule has 0 radical (unpaired) electrons. The fourth-order valence-electron chi connectivity index (χ4n) is 3.52. The minimum absolute atomic E-state index is 0.00112. The minimum Gasteiger partial charge on any atom is -0.444 e. The van der Waals surface area contributed by atoms with E-state index in [2.05, 4.69) is 10.2 Å². The van der Waals surface area contributed by atoms with E-state index in [1.54, 1.807) is 11.9 Å². The molecule has 1 fully saturated rings. The van der Waals surface area contributed by atoms with Crippen molar-refractivity contribution in [3.63, 3.8) is 0 Å². The predicted molar refractivity (Wildman–Crippen MR) is 119 cm³/mol. The molecule has 2 amide bonds. The first-order chi connectivity index (χ1) is 14.3. The molecule has 0 bridgehead atoms. The van der Waals surface area contributed by atoms with Crippen LogP contribution in [0.5, 0.6) is 0 Å². The minimum atomic E-state index is -3.75. The molecule has 1 heterocycles. The van der Waals surface area contributed by atoms with Gasteiger partial charge in [0.2, 0.25) is 15.9 Å². The number of carbonyl (C=O) groups excluding carboxylic acids is 2. The first-order valence-corrected chi connectivity index (χ1v) is 12.0. The fraction of sp³-hybridized carbons (Fsp3) is 0.619. The standard InChI is InChI=1S/C21H34N4O5S/c1-21(2,3)30-20(27)24(4)14-16-6-5-12-25(15-16)13-11-19(26)23-17-7-9-18(10-8-17)31(22,28)29/h7-10,16H,5-6,11-15H2,1-4H3,(H,23,26)(H2,22,28,29). The Labute approximate surface area is 185 Å².